The summed E-state index contributed by atoms with van der Waals surface area (Å²) in [5, 5.41) is 9.86. The number of carbonyl (C=O) groups excluding carboxylic acids is 1. The molecular formula is C25H35NO2. The van der Waals surface area contributed by atoms with Gasteiger partial charge in [0.15, 0.2) is 0 Å². The largest absolute Gasteiger partial charge is 0.508 e. The number of hydrogen-bond donors (Lipinski definition) is 1. The minimum absolute atomic E-state index is 0.00863. The molecule has 3 aliphatic carbocycles. The molecule has 0 bridgehead atoms. The Balaban J connectivity index is 1.62. The third-order valence-corrected chi connectivity index (χ3v) is 7.87. The fourth-order valence-electron chi connectivity index (χ4n) is 6.67. The maximum Gasteiger partial charge on any atom is 0.250 e. The highest BCUT2D eigenvalue weighted by Gasteiger charge is 2.53. The van der Waals surface area contributed by atoms with Crippen LogP contribution in [0.5, 0.6) is 5.75 Å². The van der Waals surface area contributed by atoms with Crippen molar-refractivity contribution in [3.63, 3.8) is 0 Å². The van der Waals surface area contributed by atoms with E-state index in [1.54, 1.807) is 0 Å². The lowest BCUT2D eigenvalue weighted by atomic mass is 9.54. The number of allylic oxidation sites excluding steroid dienone is 1. The second-order valence-corrected chi connectivity index (χ2v) is 10.0. The van der Waals surface area contributed by atoms with Crippen LogP contribution in [0.15, 0.2) is 29.8 Å². The summed E-state index contributed by atoms with van der Waals surface area (Å²) >= 11 is 0. The Morgan fingerprint density at radius 1 is 1.18 bits per heavy atom. The van der Waals surface area contributed by atoms with E-state index in [4.69, 9.17) is 0 Å². The van der Waals surface area contributed by atoms with Crippen molar-refractivity contribution in [1.29, 1.82) is 0 Å². The summed E-state index contributed by atoms with van der Waals surface area (Å²) in [6, 6.07) is 6.41. The van der Waals surface area contributed by atoms with Gasteiger partial charge in [0.1, 0.15) is 5.75 Å². The molecule has 1 amide bonds. The summed E-state index contributed by atoms with van der Waals surface area (Å²) in [5.41, 5.74) is 3.86. The fourth-order valence-corrected chi connectivity index (χ4v) is 6.67. The third kappa shape index (κ3) is 2.89. The van der Waals surface area contributed by atoms with E-state index in [9.17, 15) is 9.90 Å². The van der Waals surface area contributed by atoms with Crippen molar-refractivity contribution < 1.29 is 9.90 Å². The van der Waals surface area contributed by atoms with Crippen LogP contribution in [-0.4, -0.2) is 28.0 Å². The molecule has 1 saturated carbocycles. The van der Waals surface area contributed by atoms with Crippen molar-refractivity contribution in [1.82, 2.24) is 4.90 Å². The lowest BCUT2D eigenvalue weighted by molar-refractivity contribution is -0.132. The number of aryl methyl sites for hydroxylation is 1. The van der Waals surface area contributed by atoms with Gasteiger partial charge in [0.25, 0.3) is 0 Å². The molecule has 0 radical (unpaired) electrons. The molecule has 0 aromatic heterocycles. The van der Waals surface area contributed by atoms with E-state index in [0.29, 0.717) is 23.5 Å². The number of aromatic hydroxyl groups is 1. The van der Waals surface area contributed by atoms with Gasteiger partial charge in [0, 0.05) is 23.1 Å². The molecule has 1 N–H and O–H groups in total. The van der Waals surface area contributed by atoms with E-state index in [0.717, 1.165) is 31.3 Å². The van der Waals surface area contributed by atoms with Gasteiger partial charge in [-0.1, -0.05) is 19.1 Å². The number of nitrogens with zero attached hydrogens (tertiary/aromatic N) is 1. The number of amides is 1. The Bertz CT molecular complexity index is 801. The van der Waals surface area contributed by atoms with Gasteiger partial charge in [-0.15, -0.1) is 0 Å². The summed E-state index contributed by atoms with van der Waals surface area (Å²) in [5.74, 6) is 2.43. The molecule has 0 saturated heterocycles. The van der Waals surface area contributed by atoms with Gasteiger partial charge in [-0.2, -0.15) is 0 Å². The quantitative estimate of drug-likeness (QED) is 0.758. The van der Waals surface area contributed by atoms with Crippen molar-refractivity contribution in [2.45, 2.75) is 84.7 Å². The molecule has 0 spiro atoms. The maximum atomic E-state index is 13.5. The predicted molar refractivity (Wildman–Crippen MR) is 113 cm³/mol. The van der Waals surface area contributed by atoms with Crippen molar-refractivity contribution in [2.75, 3.05) is 0 Å². The molecule has 28 heavy (non-hydrogen) atoms. The topological polar surface area (TPSA) is 40.5 Å². The van der Waals surface area contributed by atoms with Crippen LogP contribution in [0.2, 0.25) is 0 Å². The highest BCUT2D eigenvalue weighted by Crippen LogP contribution is 2.61. The normalized spacial score (nSPS) is 31.2. The van der Waals surface area contributed by atoms with Crippen molar-refractivity contribution >= 4 is 5.91 Å². The highest BCUT2D eigenvalue weighted by molar-refractivity contribution is 5.95. The number of fused-ring (bicyclic) bond motifs is 5. The van der Waals surface area contributed by atoms with Gasteiger partial charge < -0.3 is 10.0 Å². The van der Waals surface area contributed by atoms with Crippen LogP contribution in [0.4, 0.5) is 0 Å². The minimum Gasteiger partial charge on any atom is -0.508 e. The zero-order valence-corrected chi connectivity index (χ0v) is 18.0. The Kier molecular flexibility index (Phi) is 4.84. The first-order valence-electron chi connectivity index (χ1n) is 11.1. The van der Waals surface area contributed by atoms with E-state index >= 15 is 0 Å². The molecule has 0 aliphatic heterocycles. The highest BCUT2D eigenvalue weighted by atomic mass is 16.3. The summed E-state index contributed by atoms with van der Waals surface area (Å²) < 4.78 is 0. The van der Waals surface area contributed by atoms with Crippen LogP contribution in [0.1, 0.15) is 77.3 Å². The van der Waals surface area contributed by atoms with Crippen LogP contribution in [0.3, 0.4) is 0 Å². The van der Waals surface area contributed by atoms with Crippen LogP contribution >= 0.6 is 0 Å². The molecule has 1 aromatic carbocycles. The molecule has 152 valence electrons. The standard InChI is InChI=1S/C25H35NO2/c1-15(2)26(16(3)4)24(28)23-11-10-22-21-8-6-17-14-18(27)7-9-19(17)20(21)12-13-25(22,23)5/h7,9,11,14-16,20-22,27H,6,8,10,12-13H2,1-5H3/t20-,21-,22+,25+/m1/s1. The SMILES string of the molecule is CC(C)N(C(=O)C1=CC[C@H]2[C@@H]3CCc4cc(O)ccc4[C@H]3CC[C@]12C)C(C)C. The number of phenolic OH excluding ortho intramolecular Hbond substituents is 1. The lowest BCUT2D eigenvalue weighted by Crippen LogP contribution is -2.48. The lowest BCUT2D eigenvalue weighted by Gasteiger charge is -2.50. The molecule has 3 heteroatoms. The number of benzene rings is 1. The molecule has 0 unspecified atom stereocenters. The zero-order valence-electron chi connectivity index (χ0n) is 18.0. The first-order chi connectivity index (χ1) is 13.2. The van der Waals surface area contributed by atoms with E-state index in [-0.39, 0.29) is 23.4 Å². The molecule has 3 nitrogen and oxygen atoms in total. The fraction of sp³-hybridized carbons (Fsp3) is 0.640. The monoisotopic (exact) mass is 381 g/mol. The summed E-state index contributed by atoms with van der Waals surface area (Å²) in [4.78, 5) is 15.6. The third-order valence-electron chi connectivity index (χ3n) is 7.87. The molecule has 1 aromatic rings. The van der Waals surface area contributed by atoms with E-state index in [1.807, 2.05) is 12.1 Å². The number of hydrogen-bond acceptors (Lipinski definition) is 2. The van der Waals surface area contributed by atoms with E-state index in [2.05, 4.69) is 51.7 Å². The maximum absolute atomic E-state index is 13.5. The predicted octanol–water partition coefficient (Wildman–Crippen LogP) is 5.43. The first kappa shape index (κ1) is 19.5. The average molecular weight is 382 g/mol. The van der Waals surface area contributed by atoms with Gasteiger partial charge in [0.05, 0.1) is 0 Å². The number of carbonyl (C=O) groups is 1. The van der Waals surface area contributed by atoms with Crippen LogP contribution < -0.4 is 0 Å². The summed E-state index contributed by atoms with van der Waals surface area (Å²) in [6.45, 7) is 10.8. The Labute approximate surface area is 169 Å². The van der Waals surface area contributed by atoms with Crippen LogP contribution in [0.25, 0.3) is 0 Å². The van der Waals surface area contributed by atoms with Gasteiger partial charge in [0.2, 0.25) is 5.91 Å². The van der Waals surface area contributed by atoms with Gasteiger partial charge in [-0.3, -0.25) is 4.79 Å². The van der Waals surface area contributed by atoms with Gasteiger partial charge >= 0.3 is 0 Å². The van der Waals surface area contributed by atoms with E-state index < -0.39 is 0 Å². The average Bonchev–Trinajstić information content (AvgIpc) is 2.97. The van der Waals surface area contributed by atoms with Gasteiger partial charge in [-0.05, 0) is 101 Å². The van der Waals surface area contributed by atoms with Crippen molar-refractivity contribution in [3.05, 3.63) is 41.0 Å². The van der Waals surface area contributed by atoms with Crippen molar-refractivity contribution in [2.24, 2.45) is 17.3 Å². The Morgan fingerprint density at radius 2 is 1.89 bits per heavy atom. The molecule has 4 atom stereocenters. The van der Waals surface area contributed by atoms with E-state index in [1.165, 1.54) is 17.5 Å². The second-order valence-electron chi connectivity index (χ2n) is 10.0. The number of rotatable bonds is 3. The van der Waals surface area contributed by atoms with Crippen LogP contribution in [-0.2, 0) is 11.2 Å². The van der Waals surface area contributed by atoms with Gasteiger partial charge in [-0.25, -0.2) is 0 Å². The molecule has 1 fully saturated rings. The minimum atomic E-state index is 0.00863. The first-order valence-corrected chi connectivity index (χ1v) is 11.1. The number of phenols is 1. The Hall–Kier alpha value is -1.77. The molecule has 3 aliphatic rings. The smallest absolute Gasteiger partial charge is 0.250 e. The summed E-state index contributed by atoms with van der Waals surface area (Å²) in [6.07, 6.45) is 7.76. The zero-order chi connectivity index (χ0) is 20.2. The Morgan fingerprint density at radius 3 is 2.57 bits per heavy atom. The second kappa shape index (κ2) is 6.93. The summed E-state index contributed by atoms with van der Waals surface area (Å²) in [7, 11) is 0. The molecule has 0 heterocycles. The van der Waals surface area contributed by atoms with Crippen molar-refractivity contribution in [3.8, 4) is 5.75 Å². The molecule has 4 rings (SSSR count). The molecular weight excluding hydrogens is 346 g/mol. The van der Waals surface area contributed by atoms with Crippen LogP contribution in [0, 0.1) is 17.3 Å².